The summed E-state index contributed by atoms with van der Waals surface area (Å²) in [5, 5.41) is 11.5. The molecule has 0 saturated carbocycles. The van der Waals surface area contributed by atoms with E-state index in [0.29, 0.717) is 11.4 Å². The Kier molecular flexibility index (Phi) is 4.59. The Balaban J connectivity index is 1.93. The summed E-state index contributed by atoms with van der Waals surface area (Å²) in [5.41, 5.74) is 3.19. The molecular formula is C21H15N3O2S2. The van der Waals surface area contributed by atoms with Crippen molar-refractivity contribution in [2.45, 2.75) is 11.8 Å². The highest BCUT2D eigenvalue weighted by Crippen LogP contribution is 2.30. The number of rotatable bonds is 4. The fraction of sp³-hybridized carbons (Fsp3) is 0.0476. The van der Waals surface area contributed by atoms with Crippen molar-refractivity contribution < 1.29 is 8.42 Å². The molecule has 0 spiro atoms. The van der Waals surface area contributed by atoms with Gasteiger partial charge in [-0.25, -0.2) is 13.4 Å². The van der Waals surface area contributed by atoms with E-state index in [4.69, 9.17) is 0 Å². The van der Waals surface area contributed by atoms with Crippen molar-refractivity contribution in [1.82, 2.24) is 9.38 Å². The molecule has 2 aromatic carbocycles. The number of benzene rings is 2. The molecule has 138 valence electrons. The van der Waals surface area contributed by atoms with E-state index in [-0.39, 0.29) is 9.80 Å². The highest BCUT2D eigenvalue weighted by Gasteiger charge is 2.23. The zero-order chi connectivity index (χ0) is 19.7. The zero-order valence-corrected chi connectivity index (χ0v) is 16.5. The molecule has 0 unspecified atom stereocenters. The predicted octanol–water partition coefficient (Wildman–Crippen LogP) is 4.71. The minimum absolute atomic E-state index is 0.0887. The summed E-state index contributed by atoms with van der Waals surface area (Å²) >= 11 is 1.45. The van der Waals surface area contributed by atoms with E-state index in [1.54, 1.807) is 22.6 Å². The van der Waals surface area contributed by atoms with E-state index in [1.165, 1.54) is 29.5 Å². The van der Waals surface area contributed by atoms with Gasteiger partial charge in [0.15, 0.2) is 9.87 Å². The van der Waals surface area contributed by atoms with Gasteiger partial charge >= 0.3 is 0 Å². The van der Waals surface area contributed by atoms with E-state index in [9.17, 15) is 13.7 Å². The number of aromatic nitrogens is 2. The molecule has 4 aromatic rings. The van der Waals surface area contributed by atoms with Gasteiger partial charge in [0.2, 0.25) is 9.84 Å². The molecule has 28 heavy (non-hydrogen) atoms. The van der Waals surface area contributed by atoms with Crippen LogP contribution >= 0.6 is 11.3 Å². The Morgan fingerprint density at radius 3 is 2.54 bits per heavy atom. The number of allylic oxidation sites excluding steroid dienone is 1. The molecular weight excluding hydrogens is 390 g/mol. The predicted molar refractivity (Wildman–Crippen MR) is 110 cm³/mol. The Morgan fingerprint density at radius 2 is 1.86 bits per heavy atom. The van der Waals surface area contributed by atoms with Crippen molar-refractivity contribution in [3.8, 4) is 17.3 Å². The molecule has 0 aliphatic rings. The molecule has 2 aromatic heterocycles. The number of aryl methyl sites for hydroxylation is 1. The first kappa shape index (κ1) is 18.2. The van der Waals surface area contributed by atoms with E-state index >= 15 is 0 Å². The summed E-state index contributed by atoms with van der Waals surface area (Å²) < 4.78 is 27.7. The van der Waals surface area contributed by atoms with Gasteiger partial charge in [0.1, 0.15) is 6.07 Å². The summed E-state index contributed by atoms with van der Waals surface area (Å²) in [5.74, 6) is 0. The summed E-state index contributed by atoms with van der Waals surface area (Å²) in [6.07, 6.45) is 3.23. The average molecular weight is 406 g/mol. The largest absolute Gasteiger partial charge is 0.290 e. The van der Waals surface area contributed by atoms with Crippen LogP contribution in [0.1, 0.15) is 11.3 Å². The quantitative estimate of drug-likeness (QED) is 0.461. The van der Waals surface area contributed by atoms with Crippen molar-refractivity contribution in [3.05, 3.63) is 82.3 Å². The molecule has 0 aliphatic heterocycles. The SMILES string of the molecule is Cc1ccc(-c2nc3sccn3c2C=C(C#N)S(=O)(=O)c2ccccc2)cc1. The first-order valence-electron chi connectivity index (χ1n) is 8.45. The fourth-order valence-electron chi connectivity index (χ4n) is 2.89. The molecule has 0 amide bonds. The lowest BCUT2D eigenvalue weighted by atomic mass is 10.1. The minimum atomic E-state index is -3.92. The minimum Gasteiger partial charge on any atom is -0.290 e. The van der Waals surface area contributed by atoms with Crippen molar-refractivity contribution >= 4 is 32.2 Å². The molecule has 0 bridgehead atoms. The number of hydrogen-bond donors (Lipinski definition) is 0. The maximum atomic E-state index is 12.9. The third-order valence-electron chi connectivity index (χ3n) is 4.35. The van der Waals surface area contributed by atoms with Crippen molar-refractivity contribution in [1.29, 1.82) is 5.26 Å². The van der Waals surface area contributed by atoms with Crippen molar-refractivity contribution in [2.24, 2.45) is 0 Å². The standard InChI is InChI=1S/C21H15N3O2S2/c1-15-7-9-16(10-8-15)20-19(24-11-12-27-21(24)23-20)13-18(14-22)28(25,26)17-5-3-2-4-6-17/h2-13H,1H3. The van der Waals surface area contributed by atoms with Gasteiger partial charge in [-0.15, -0.1) is 11.3 Å². The van der Waals surface area contributed by atoms with Crippen LogP contribution in [0.4, 0.5) is 0 Å². The number of hydrogen-bond acceptors (Lipinski definition) is 5. The van der Waals surface area contributed by atoms with Gasteiger partial charge in [-0.3, -0.25) is 4.40 Å². The molecule has 0 saturated heterocycles. The lowest BCUT2D eigenvalue weighted by Crippen LogP contribution is -2.04. The monoisotopic (exact) mass is 405 g/mol. The van der Waals surface area contributed by atoms with Crippen molar-refractivity contribution in [3.63, 3.8) is 0 Å². The number of nitrogens with zero attached hydrogens (tertiary/aromatic N) is 3. The summed E-state index contributed by atoms with van der Waals surface area (Å²) in [6, 6.07) is 17.7. The second kappa shape index (κ2) is 7.08. The van der Waals surface area contributed by atoms with Crippen LogP contribution in [0.2, 0.25) is 0 Å². The van der Waals surface area contributed by atoms with E-state index in [0.717, 1.165) is 16.1 Å². The van der Waals surface area contributed by atoms with Crippen LogP contribution in [-0.4, -0.2) is 17.8 Å². The van der Waals surface area contributed by atoms with Crippen LogP contribution in [0.3, 0.4) is 0 Å². The van der Waals surface area contributed by atoms with E-state index in [2.05, 4.69) is 4.98 Å². The molecule has 2 heterocycles. The Hall–Kier alpha value is -3.21. The lowest BCUT2D eigenvalue weighted by molar-refractivity contribution is 0.603. The number of imidazole rings is 1. The molecule has 0 aliphatic carbocycles. The highest BCUT2D eigenvalue weighted by molar-refractivity contribution is 7.95. The summed E-state index contributed by atoms with van der Waals surface area (Å²) in [4.78, 5) is 5.15. The topological polar surface area (TPSA) is 75.2 Å². The molecule has 0 atom stereocenters. The second-order valence-electron chi connectivity index (χ2n) is 6.20. The smallest absolute Gasteiger partial charge is 0.216 e. The number of fused-ring (bicyclic) bond motifs is 1. The highest BCUT2D eigenvalue weighted by atomic mass is 32.2. The Morgan fingerprint density at radius 1 is 1.14 bits per heavy atom. The average Bonchev–Trinajstić information content (AvgIpc) is 3.29. The Bertz CT molecular complexity index is 1320. The van der Waals surface area contributed by atoms with Gasteiger partial charge in [0, 0.05) is 17.1 Å². The van der Waals surface area contributed by atoms with Crippen LogP contribution in [0.5, 0.6) is 0 Å². The first-order chi connectivity index (χ1) is 13.5. The lowest BCUT2D eigenvalue weighted by Gasteiger charge is -2.05. The molecule has 7 heteroatoms. The number of sulfone groups is 1. The number of thiazole rings is 1. The van der Waals surface area contributed by atoms with Crippen LogP contribution in [-0.2, 0) is 9.84 Å². The molecule has 4 rings (SSSR count). The summed E-state index contributed by atoms with van der Waals surface area (Å²) in [6.45, 7) is 2.00. The van der Waals surface area contributed by atoms with Gasteiger partial charge in [-0.2, -0.15) is 5.26 Å². The third kappa shape index (κ3) is 3.13. The van der Waals surface area contributed by atoms with E-state index < -0.39 is 9.84 Å². The van der Waals surface area contributed by atoms with Crippen LogP contribution in [0.15, 0.2) is 76.0 Å². The maximum Gasteiger partial charge on any atom is 0.216 e. The van der Waals surface area contributed by atoms with Gasteiger partial charge in [0.25, 0.3) is 0 Å². The maximum absolute atomic E-state index is 12.9. The van der Waals surface area contributed by atoms with Crippen LogP contribution in [0, 0.1) is 18.3 Å². The second-order valence-corrected chi connectivity index (χ2v) is 9.00. The van der Waals surface area contributed by atoms with Gasteiger partial charge < -0.3 is 0 Å². The molecule has 0 radical (unpaired) electrons. The van der Waals surface area contributed by atoms with Crippen molar-refractivity contribution in [2.75, 3.05) is 0 Å². The summed E-state index contributed by atoms with van der Waals surface area (Å²) in [7, 11) is -3.92. The van der Waals surface area contributed by atoms with Gasteiger partial charge in [-0.1, -0.05) is 48.0 Å². The van der Waals surface area contributed by atoms with Crippen LogP contribution in [0.25, 0.3) is 22.3 Å². The Labute approximate surface area is 166 Å². The fourth-order valence-corrected chi connectivity index (χ4v) is 4.76. The third-order valence-corrected chi connectivity index (χ3v) is 6.78. The molecule has 0 N–H and O–H groups in total. The zero-order valence-electron chi connectivity index (χ0n) is 14.9. The number of nitriles is 1. The normalized spacial score (nSPS) is 12.2. The van der Waals surface area contributed by atoms with Gasteiger partial charge in [0.05, 0.1) is 16.3 Å². The van der Waals surface area contributed by atoms with Crippen LogP contribution < -0.4 is 0 Å². The molecule has 0 fully saturated rings. The molecule has 5 nitrogen and oxygen atoms in total. The van der Waals surface area contributed by atoms with Gasteiger partial charge in [-0.05, 0) is 25.1 Å². The van der Waals surface area contributed by atoms with E-state index in [1.807, 2.05) is 48.8 Å². The first-order valence-corrected chi connectivity index (χ1v) is 10.8.